The summed E-state index contributed by atoms with van der Waals surface area (Å²) < 4.78 is 0.954. The number of nitrogens with one attached hydrogen (secondary N) is 2. The Balaban J connectivity index is 1.49. The number of aromatic amines is 1. The van der Waals surface area contributed by atoms with E-state index < -0.39 is 5.41 Å². The zero-order chi connectivity index (χ0) is 19.0. The molecule has 4 rings (SSSR count). The first kappa shape index (κ1) is 18.0. The van der Waals surface area contributed by atoms with Gasteiger partial charge in [-0.3, -0.25) is 4.79 Å². The maximum Gasteiger partial charge on any atom is 0.230 e. The molecule has 0 radical (unpaired) electrons. The van der Waals surface area contributed by atoms with Crippen LogP contribution in [0.2, 0.25) is 0 Å². The Morgan fingerprint density at radius 2 is 2.07 bits per heavy atom. The third-order valence-electron chi connectivity index (χ3n) is 5.44. The molecule has 1 aliphatic rings. The monoisotopic (exact) mass is 427 g/mol. The van der Waals surface area contributed by atoms with Crippen LogP contribution in [0.3, 0.4) is 0 Å². The van der Waals surface area contributed by atoms with Crippen LogP contribution in [0.4, 0.5) is 11.5 Å². The van der Waals surface area contributed by atoms with Gasteiger partial charge in [-0.1, -0.05) is 28.9 Å². The second-order valence-electron chi connectivity index (χ2n) is 7.40. The van der Waals surface area contributed by atoms with Gasteiger partial charge in [0.15, 0.2) is 0 Å². The molecule has 0 bridgehead atoms. The Bertz CT molecular complexity index is 991. The molecule has 6 nitrogen and oxygen atoms in total. The van der Waals surface area contributed by atoms with E-state index in [0.29, 0.717) is 0 Å². The van der Waals surface area contributed by atoms with Crippen LogP contribution < -0.4 is 10.2 Å². The number of fused-ring (bicyclic) bond motifs is 1. The molecule has 2 N–H and O–H groups in total. The van der Waals surface area contributed by atoms with Crippen molar-refractivity contribution >= 4 is 44.4 Å². The Kier molecular flexibility index (Phi) is 4.63. The molecule has 1 aliphatic heterocycles. The molecular weight excluding hydrogens is 406 g/mol. The number of hydrogen-bond donors (Lipinski definition) is 2. The van der Waals surface area contributed by atoms with Gasteiger partial charge >= 0.3 is 0 Å². The van der Waals surface area contributed by atoms with Crippen LogP contribution in [-0.4, -0.2) is 33.9 Å². The summed E-state index contributed by atoms with van der Waals surface area (Å²) in [5.74, 6) is 1.03. The van der Waals surface area contributed by atoms with Crippen LogP contribution in [0.25, 0.3) is 11.0 Å². The maximum absolute atomic E-state index is 12.9. The Morgan fingerprint density at radius 3 is 2.81 bits per heavy atom. The molecule has 0 saturated carbocycles. The van der Waals surface area contributed by atoms with Crippen molar-refractivity contribution in [1.29, 1.82) is 0 Å². The van der Waals surface area contributed by atoms with Gasteiger partial charge in [0.2, 0.25) is 5.91 Å². The van der Waals surface area contributed by atoms with Crippen molar-refractivity contribution in [2.24, 2.45) is 5.41 Å². The van der Waals surface area contributed by atoms with E-state index in [9.17, 15) is 4.79 Å². The molecule has 27 heavy (non-hydrogen) atoms. The Morgan fingerprint density at radius 1 is 1.30 bits per heavy atom. The average Bonchev–Trinajstić information content (AvgIpc) is 3.04. The highest BCUT2D eigenvalue weighted by molar-refractivity contribution is 9.10. The summed E-state index contributed by atoms with van der Waals surface area (Å²) in [4.78, 5) is 27.2. The van der Waals surface area contributed by atoms with Crippen LogP contribution >= 0.6 is 15.9 Å². The number of piperidine rings is 1. The van der Waals surface area contributed by atoms with Gasteiger partial charge in [0.05, 0.1) is 10.8 Å². The van der Waals surface area contributed by atoms with Crippen molar-refractivity contribution in [1.82, 2.24) is 15.0 Å². The number of aryl methyl sites for hydroxylation is 1. The topological polar surface area (TPSA) is 73.9 Å². The van der Waals surface area contributed by atoms with Crippen LogP contribution in [-0.2, 0) is 4.79 Å². The lowest BCUT2D eigenvalue weighted by Crippen LogP contribution is -2.45. The van der Waals surface area contributed by atoms with E-state index in [4.69, 9.17) is 0 Å². The quantitative estimate of drug-likeness (QED) is 0.654. The molecule has 7 heteroatoms. The van der Waals surface area contributed by atoms with Crippen LogP contribution in [0.15, 0.2) is 41.3 Å². The normalized spacial score (nSPS) is 16.5. The summed E-state index contributed by atoms with van der Waals surface area (Å²) in [7, 11) is 0. The van der Waals surface area contributed by atoms with Gasteiger partial charge in [-0.25, -0.2) is 9.97 Å². The summed E-state index contributed by atoms with van der Waals surface area (Å²) in [5.41, 5.74) is 2.43. The van der Waals surface area contributed by atoms with E-state index in [-0.39, 0.29) is 5.91 Å². The first-order valence-corrected chi connectivity index (χ1v) is 9.86. The van der Waals surface area contributed by atoms with E-state index in [1.54, 1.807) is 6.33 Å². The molecule has 3 heterocycles. The van der Waals surface area contributed by atoms with E-state index in [2.05, 4.69) is 54.9 Å². The first-order chi connectivity index (χ1) is 13.0. The number of aromatic nitrogens is 3. The molecule has 2 aromatic heterocycles. The summed E-state index contributed by atoms with van der Waals surface area (Å²) in [6.45, 7) is 5.69. The lowest BCUT2D eigenvalue weighted by molar-refractivity contribution is -0.125. The van der Waals surface area contributed by atoms with E-state index in [1.165, 1.54) is 0 Å². The van der Waals surface area contributed by atoms with Crippen LogP contribution in [0.1, 0.15) is 25.3 Å². The predicted molar refractivity (Wildman–Crippen MR) is 111 cm³/mol. The number of nitrogens with zero attached hydrogens (tertiary/aromatic N) is 3. The molecule has 1 saturated heterocycles. The third kappa shape index (κ3) is 3.43. The maximum atomic E-state index is 12.9. The summed E-state index contributed by atoms with van der Waals surface area (Å²) in [6.07, 6.45) is 5.12. The molecule has 0 unspecified atom stereocenters. The number of anilines is 2. The van der Waals surface area contributed by atoms with Gasteiger partial charge in [-0.05, 0) is 43.5 Å². The number of rotatable bonds is 3. The van der Waals surface area contributed by atoms with Crippen molar-refractivity contribution in [3.05, 3.63) is 46.8 Å². The Hall–Kier alpha value is -2.41. The lowest BCUT2D eigenvalue weighted by Gasteiger charge is -2.39. The fraction of sp³-hybridized carbons (Fsp3) is 0.350. The highest BCUT2D eigenvalue weighted by Crippen LogP contribution is 2.36. The summed E-state index contributed by atoms with van der Waals surface area (Å²) >= 11 is 3.44. The lowest BCUT2D eigenvalue weighted by atomic mass is 9.79. The van der Waals surface area contributed by atoms with Gasteiger partial charge in [-0.2, -0.15) is 0 Å². The van der Waals surface area contributed by atoms with Crippen LogP contribution in [0.5, 0.6) is 0 Å². The number of halogens is 1. The molecule has 0 atom stereocenters. The molecule has 0 aliphatic carbocycles. The third-order valence-corrected chi connectivity index (χ3v) is 5.94. The minimum absolute atomic E-state index is 0.0749. The van der Waals surface area contributed by atoms with E-state index in [1.807, 2.05) is 30.5 Å². The van der Waals surface area contributed by atoms with Gasteiger partial charge in [0, 0.05) is 29.4 Å². The first-order valence-electron chi connectivity index (χ1n) is 9.07. The highest BCUT2D eigenvalue weighted by Gasteiger charge is 2.37. The van der Waals surface area contributed by atoms with Crippen molar-refractivity contribution in [3.63, 3.8) is 0 Å². The average molecular weight is 428 g/mol. The van der Waals surface area contributed by atoms with E-state index >= 15 is 0 Å². The van der Waals surface area contributed by atoms with Gasteiger partial charge in [0.25, 0.3) is 0 Å². The minimum Gasteiger partial charge on any atom is -0.356 e. The van der Waals surface area contributed by atoms with Crippen molar-refractivity contribution in [2.75, 3.05) is 23.3 Å². The zero-order valence-electron chi connectivity index (χ0n) is 15.4. The Labute approximate surface area is 166 Å². The molecular formula is C20H22BrN5O. The minimum atomic E-state index is -0.391. The number of H-pyrrole nitrogens is 1. The second-order valence-corrected chi connectivity index (χ2v) is 8.32. The van der Waals surface area contributed by atoms with Gasteiger partial charge in [0.1, 0.15) is 17.8 Å². The smallest absolute Gasteiger partial charge is 0.230 e. The predicted octanol–water partition coefficient (Wildman–Crippen LogP) is 4.27. The van der Waals surface area contributed by atoms with Crippen molar-refractivity contribution in [2.45, 2.75) is 26.7 Å². The molecule has 1 amide bonds. The molecule has 3 aromatic rings. The second kappa shape index (κ2) is 6.96. The fourth-order valence-corrected chi connectivity index (χ4v) is 4.02. The number of carbonyl (C=O) groups is 1. The van der Waals surface area contributed by atoms with Crippen molar-refractivity contribution in [3.8, 4) is 0 Å². The number of benzene rings is 1. The SMILES string of the molecule is Cc1c[nH]c2ncnc(N3CCC(C)(C(=O)Nc4cccc(Br)c4)CC3)c12. The summed E-state index contributed by atoms with van der Waals surface area (Å²) in [5, 5.41) is 4.13. The number of hydrogen-bond acceptors (Lipinski definition) is 4. The van der Waals surface area contributed by atoms with E-state index in [0.717, 1.165) is 58.5 Å². The standard InChI is InChI=1S/C20H22BrN5O/c1-13-11-22-17-16(13)18(24-12-23-17)26-8-6-20(2,7-9-26)19(27)25-15-5-3-4-14(21)10-15/h3-5,10-12H,6-9H2,1-2H3,(H,25,27)(H,22,23,24). The molecule has 140 valence electrons. The largest absolute Gasteiger partial charge is 0.356 e. The molecule has 1 fully saturated rings. The number of carbonyl (C=O) groups excluding carboxylic acids is 1. The highest BCUT2D eigenvalue weighted by atomic mass is 79.9. The fourth-order valence-electron chi connectivity index (χ4n) is 3.62. The van der Waals surface area contributed by atoms with Crippen LogP contribution in [0, 0.1) is 12.3 Å². The zero-order valence-corrected chi connectivity index (χ0v) is 17.0. The molecule has 1 aromatic carbocycles. The van der Waals surface area contributed by atoms with Crippen molar-refractivity contribution < 1.29 is 4.79 Å². The summed E-state index contributed by atoms with van der Waals surface area (Å²) in [6, 6.07) is 7.70. The van der Waals surface area contributed by atoms with Gasteiger partial charge in [-0.15, -0.1) is 0 Å². The molecule has 0 spiro atoms. The van der Waals surface area contributed by atoms with Gasteiger partial charge < -0.3 is 15.2 Å². The number of amides is 1.